The van der Waals surface area contributed by atoms with E-state index in [4.69, 9.17) is 4.55 Å². The minimum Gasteiger partial charge on any atom is -0.300 e. The second kappa shape index (κ2) is 16.0. The van der Waals surface area contributed by atoms with Gasteiger partial charge in [-0.05, 0) is 6.42 Å². The molecule has 0 bridgehead atoms. The first-order valence-electron chi connectivity index (χ1n) is 9.60. The average Bonchev–Trinajstić information content (AvgIpc) is 2.53. The molecular formula is C18H36O5S. The minimum absolute atomic E-state index is 0.335. The van der Waals surface area contributed by atoms with E-state index < -0.39 is 16.5 Å². The topological polar surface area (TPSA) is 80.7 Å². The molecule has 0 aromatic heterocycles. The Morgan fingerprint density at radius 3 is 1.50 bits per heavy atom. The standard InChI is InChI=1S/C18H36O5S/c1-2-3-4-5-6-7-8-9-10-11-12-13-14-15-16-18(17-19)23-24(20,21)22/h17-18H,2-16H2,1H3,(H,20,21,22). The van der Waals surface area contributed by atoms with Crippen molar-refractivity contribution in [3.05, 3.63) is 0 Å². The van der Waals surface area contributed by atoms with Crippen LogP contribution >= 0.6 is 0 Å². The first kappa shape index (κ1) is 23.5. The first-order chi connectivity index (χ1) is 11.5. The van der Waals surface area contributed by atoms with Gasteiger partial charge >= 0.3 is 10.4 Å². The maximum atomic E-state index is 10.6. The van der Waals surface area contributed by atoms with Gasteiger partial charge in [0, 0.05) is 0 Å². The molecule has 5 nitrogen and oxygen atoms in total. The predicted octanol–water partition coefficient (Wildman–Crippen LogP) is 5.24. The van der Waals surface area contributed by atoms with Crippen molar-refractivity contribution in [3.8, 4) is 0 Å². The number of carbonyl (C=O) groups is 1. The van der Waals surface area contributed by atoms with E-state index in [1.807, 2.05) is 0 Å². The van der Waals surface area contributed by atoms with Crippen LogP contribution < -0.4 is 0 Å². The van der Waals surface area contributed by atoms with Crippen LogP contribution in [-0.4, -0.2) is 25.4 Å². The summed E-state index contributed by atoms with van der Waals surface area (Å²) in [6.45, 7) is 2.24. The molecule has 0 rings (SSSR count). The van der Waals surface area contributed by atoms with E-state index in [9.17, 15) is 13.2 Å². The maximum Gasteiger partial charge on any atom is 0.398 e. The van der Waals surface area contributed by atoms with Gasteiger partial charge in [0.25, 0.3) is 0 Å². The highest BCUT2D eigenvalue weighted by molar-refractivity contribution is 7.80. The first-order valence-corrected chi connectivity index (χ1v) is 11.0. The van der Waals surface area contributed by atoms with Crippen LogP contribution in [0, 0.1) is 0 Å². The molecule has 0 saturated carbocycles. The van der Waals surface area contributed by atoms with E-state index in [2.05, 4.69) is 11.1 Å². The molecule has 6 heteroatoms. The largest absolute Gasteiger partial charge is 0.398 e. The summed E-state index contributed by atoms with van der Waals surface area (Å²) in [5, 5.41) is 0. The van der Waals surface area contributed by atoms with Crippen molar-refractivity contribution in [2.45, 2.75) is 109 Å². The summed E-state index contributed by atoms with van der Waals surface area (Å²) in [5.74, 6) is 0. The molecule has 0 saturated heterocycles. The maximum absolute atomic E-state index is 10.6. The predicted molar refractivity (Wildman–Crippen MR) is 97.4 cm³/mol. The Morgan fingerprint density at radius 1 is 0.792 bits per heavy atom. The molecule has 1 unspecified atom stereocenters. The summed E-state index contributed by atoms with van der Waals surface area (Å²) in [5.41, 5.74) is 0. The van der Waals surface area contributed by atoms with E-state index in [0.29, 0.717) is 12.7 Å². The van der Waals surface area contributed by atoms with E-state index >= 15 is 0 Å². The van der Waals surface area contributed by atoms with Gasteiger partial charge in [0.05, 0.1) is 0 Å². The molecule has 0 heterocycles. The second-order valence-corrected chi connectivity index (χ2v) is 7.63. The third kappa shape index (κ3) is 17.9. The van der Waals surface area contributed by atoms with E-state index in [0.717, 1.165) is 19.3 Å². The number of hydrogen-bond acceptors (Lipinski definition) is 4. The van der Waals surface area contributed by atoms with E-state index in [1.54, 1.807) is 0 Å². The highest BCUT2D eigenvalue weighted by Gasteiger charge is 2.15. The van der Waals surface area contributed by atoms with Crippen molar-refractivity contribution in [2.24, 2.45) is 0 Å². The van der Waals surface area contributed by atoms with E-state index in [-0.39, 0.29) is 0 Å². The minimum atomic E-state index is -4.54. The molecule has 0 aliphatic carbocycles. The van der Waals surface area contributed by atoms with Gasteiger partial charge in [0.2, 0.25) is 0 Å². The van der Waals surface area contributed by atoms with Crippen LogP contribution in [-0.2, 0) is 19.4 Å². The Hall–Kier alpha value is -0.460. The van der Waals surface area contributed by atoms with Gasteiger partial charge < -0.3 is 4.79 Å². The van der Waals surface area contributed by atoms with Crippen molar-refractivity contribution >= 4 is 16.7 Å². The van der Waals surface area contributed by atoms with E-state index in [1.165, 1.54) is 70.6 Å². The van der Waals surface area contributed by atoms with Gasteiger partial charge in [-0.2, -0.15) is 8.42 Å². The molecule has 0 aromatic carbocycles. The van der Waals surface area contributed by atoms with Crippen LogP contribution in [0.3, 0.4) is 0 Å². The third-order valence-electron chi connectivity index (χ3n) is 4.24. The van der Waals surface area contributed by atoms with Crippen LogP contribution in [0.1, 0.15) is 103 Å². The quantitative estimate of drug-likeness (QED) is 0.204. The van der Waals surface area contributed by atoms with Crippen molar-refractivity contribution in [1.29, 1.82) is 0 Å². The van der Waals surface area contributed by atoms with Gasteiger partial charge in [-0.15, -0.1) is 0 Å². The molecule has 1 N–H and O–H groups in total. The fourth-order valence-electron chi connectivity index (χ4n) is 2.84. The molecule has 0 fully saturated rings. The number of rotatable bonds is 18. The van der Waals surface area contributed by atoms with Crippen LogP contribution in [0.15, 0.2) is 0 Å². The van der Waals surface area contributed by atoms with Crippen LogP contribution in [0.25, 0.3) is 0 Å². The van der Waals surface area contributed by atoms with Crippen LogP contribution in [0.4, 0.5) is 0 Å². The molecule has 0 radical (unpaired) electrons. The zero-order valence-corrected chi connectivity index (χ0v) is 16.1. The van der Waals surface area contributed by atoms with Gasteiger partial charge in [0.1, 0.15) is 12.4 Å². The Morgan fingerprint density at radius 2 is 1.17 bits per heavy atom. The zero-order valence-electron chi connectivity index (χ0n) is 15.2. The lowest BCUT2D eigenvalue weighted by Gasteiger charge is -2.08. The summed E-state index contributed by atoms with van der Waals surface area (Å²) in [6, 6.07) is 0. The van der Waals surface area contributed by atoms with Gasteiger partial charge in [0.15, 0.2) is 0 Å². The van der Waals surface area contributed by atoms with Crippen LogP contribution in [0.2, 0.25) is 0 Å². The molecule has 0 spiro atoms. The summed E-state index contributed by atoms with van der Waals surface area (Å²) in [4.78, 5) is 10.6. The zero-order chi connectivity index (χ0) is 18.1. The highest BCUT2D eigenvalue weighted by atomic mass is 32.3. The SMILES string of the molecule is CCCCCCCCCCCCCCCCC(C=O)OS(=O)(=O)O. The van der Waals surface area contributed by atoms with Crippen LogP contribution in [0.5, 0.6) is 0 Å². The molecular weight excluding hydrogens is 328 g/mol. The average molecular weight is 365 g/mol. The van der Waals surface area contributed by atoms with Crippen molar-refractivity contribution in [1.82, 2.24) is 0 Å². The summed E-state index contributed by atoms with van der Waals surface area (Å²) in [6.07, 6.45) is 17.1. The highest BCUT2D eigenvalue weighted by Crippen LogP contribution is 2.14. The molecule has 0 aliphatic heterocycles. The molecule has 0 aromatic rings. The van der Waals surface area contributed by atoms with Gasteiger partial charge in [-0.3, -0.25) is 4.55 Å². The van der Waals surface area contributed by atoms with Crippen molar-refractivity contribution < 1.29 is 21.9 Å². The number of aldehydes is 1. The third-order valence-corrected chi connectivity index (χ3v) is 4.73. The number of hydrogen-bond donors (Lipinski definition) is 1. The molecule has 24 heavy (non-hydrogen) atoms. The lowest BCUT2D eigenvalue weighted by atomic mass is 10.0. The molecule has 1 atom stereocenters. The molecule has 0 aliphatic rings. The lowest BCUT2D eigenvalue weighted by molar-refractivity contribution is -0.114. The van der Waals surface area contributed by atoms with Gasteiger partial charge in [-0.1, -0.05) is 96.8 Å². The fourth-order valence-corrected chi connectivity index (χ4v) is 3.29. The Labute approximate surface area is 148 Å². The summed E-state index contributed by atoms with van der Waals surface area (Å²) >= 11 is 0. The molecule has 144 valence electrons. The number of carbonyl (C=O) groups excluding carboxylic acids is 1. The Kier molecular flexibility index (Phi) is 15.7. The monoisotopic (exact) mass is 364 g/mol. The summed E-state index contributed by atoms with van der Waals surface area (Å²) < 4.78 is 33.8. The van der Waals surface area contributed by atoms with Gasteiger partial charge in [-0.25, -0.2) is 4.18 Å². The Bertz CT molecular complexity index is 381. The van der Waals surface area contributed by atoms with Crippen molar-refractivity contribution in [2.75, 3.05) is 0 Å². The number of unbranched alkanes of at least 4 members (excludes halogenated alkanes) is 13. The second-order valence-electron chi connectivity index (χ2n) is 6.58. The lowest BCUT2D eigenvalue weighted by Crippen LogP contribution is -2.19. The Balaban J connectivity index is 3.29. The smallest absolute Gasteiger partial charge is 0.300 e. The van der Waals surface area contributed by atoms with Crippen molar-refractivity contribution in [3.63, 3.8) is 0 Å². The normalized spacial score (nSPS) is 13.1. The fraction of sp³-hybridized carbons (Fsp3) is 0.944. The summed E-state index contributed by atoms with van der Waals surface area (Å²) in [7, 11) is -4.54. The molecule has 0 amide bonds.